The zero-order chi connectivity index (χ0) is 24.3. The smallest absolute Gasteiger partial charge is 0.163 e. The minimum Gasteiger partial charge on any atom is -0.297 e. The van der Waals surface area contributed by atoms with Crippen LogP contribution < -0.4 is 0 Å². The molecule has 5 nitrogen and oxygen atoms in total. The highest BCUT2D eigenvalue weighted by Gasteiger charge is 2.62. The number of aromatic nitrogens is 2. The topological polar surface area (TPSA) is 82.5 Å². The van der Waals surface area contributed by atoms with E-state index in [1.54, 1.807) is 0 Å². The van der Waals surface area contributed by atoms with Crippen LogP contribution in [0.4, 0.5) is 0 Å². The normalized spacial score (nSPS) is 42.6. The molecule has 6 rings (SSSR count). The molecule has 5 aliphatic carbocycles. The maximum atomic E-state index is 13.9. The molecule has 186 valence electrons. The SMILES string of the molecule is CC1CCC2C(CCC3C2CCC2(C)C(C(=O)Cn4nc(C#N)cc4C#N)CC(C4CCC4)C32)C1. The quantitative estimate of drug-likeness (QED) is 0.528. The van der Waals surface area contributed by atoms with E-state index in [1.807, 2.05) is 6.07 Å². The second-order valence-corrected chi connectivity index (χ2v) is 13.2. The molecule has 9 unspecified atom stereocenters. The van der Waals surface area contributed by atoms with Crippen LogP contribution in [-0.2, 0) is 11.3 Å². The summed E-state index contributed by atoms with van der Waals surface area (Å²) in [5.41, 5.74) is 0.612. The summed E-state index contributed by atoms with van der Waals surface area (Å²) in [4.78, 5) is 13.9. The number of ketones is 1. The van der Waals surface area contributed by atoms with Crippen molar-refractivity contribution in [3.05, 3.63) is 17.5 Å². The van der Waals surface area contributed by atoms with E-state index in [1.165, 1.54) is 75.0 Å². The first-order valence-corrected chi connectivity index (χ1v) is 14.3. The molecule has 35 heavy (non-hydrogen) atoms. The molecule has 5 heteroatoms. The van der Waals surface area contributed by atoms with Crippen LogP contribution in [0, 0.1) is 81.3 Å². The van der Waals surface area contributed by atoms with Gasteiger partial charge in [-0.25, -0.2) is 4.68 Å². The standard InChI is InChI=1S/C30H40N4O/c1-18-6-8-23-20(12-18)7-9-25-24(23)10-11-30(2)27(14-26(29(25)30)19-4-3-5-19)28(35)17-34-22(16-32)13-21(15-31)33-34/h13,18-20,23-27,29H,3-12,14,17H2,1-2H3. The van der Waals surface area contributed by atoms with Gasteiger partial charge in [-0.2, -0.15) is 15.6 Å². The lowest BCUT2D eigenvalue weighted by Gasteiger charge is -2.58. The molecule has 0 aliphatic heterocycles. The molecule has 1 aromatic heterocycles. The first-order chi connectivity index (χ1) is 16.9. The second kappa shape index (κ2) is 8.76. The van der Waals surface area contributed by atoms with E-state index >= 15 is 0 Å². The van der Waals surface area contributed by atoms with E-state index in [2.05, 4.69) is 25.0 Å². The monoisotopic (exact) mass is 472 g/mol. The van der Waals surface area contributed by atoms with Gasteiger partial charge in [-0.1, -0.05) is 39.5 Å². The van der Waals surface area contributed by atoms with Gasteiger partial charge >= 0.3 is 0 Å². The lowest BCUT2D eigenvalue weighted by atomic mass is 9.47. The molecule has 0 bridgehead atoms. The summed E-state index contributed by atoms with van der Waals surface area (Å²) in [5, 5.41) is 23.0. The predicted octanol–water partition coefficient (Wildman–Crippen LogP) is 6.13. The summed E-state index contributed by atoms with van der Waals surface area (Å²) in [6.07, 6.45) is 14.7. The van der Waals surface area contributed by atoms with Gasteiger partial charge in [0.2, 0.25) is 0 Å². The van der Waals surface area contributed by atoms with Gasteiger partial charge in [0, 0.05) is 12.0 Å². The molecule has 0 amide bonds. The van der Waals surface area contributed by atoms with Gasteiger partial charge in [-0.3, -0.25) is 4.79 Å². The van der Waals surface area contributed by atoms with Crippen LogP contribution >= 0.6 is 0 Å². The van der Waals surface area contributed by atoms with E-state index in [4.69, 9.17) is 0 Å². The second-order valence-electron chi connectivity index (χ2n) is 13.2. The molecule has 5 aliphatic rings. The zero-order valence-corrected chi connectivity index (χ0v) is 21.5. The van der Waals surface area contributed by atoms with Crippen molar-refractivity contribution >= 4 is 5.78 Å². The molecule has 0 N–H and O–H groups in total. The number of Topliss-reactive ketones (excluding diaryl/α,β-unsaturated/α-hetero) is 1. The Morgan fingerprint density at radius 1 is 1.00 bits per heavy atom. The summed E-state index contributed by atoms with van der Waals surface area (Å²) in [6.45, 7) is 5.04. The van der Waals surface area contributed by atoms with Crippen molar-refractivity contribution < 1.29 is 4.79 Å². The molecule has 0 saturated heterocycles. The van der Waals surface area contributed by atoms with Gasteiger partial charge in [0.05, 0.1) is 0 Å². The third-order valence-corrected chi connectivity index (χ3v) is 11.7. The lowest BCUT2D eigenvalue weighted by Crippen LogP contribution is -2.51. The van der Waals surface area contributed by atoms with Crippen LogP contribution in [0.1, 0.15) is 95.9 Å². The van der Waals surface area contributed by atoms with Crippen LogP contribution in [0.15, 0.2) is 6.07 Å². The van der Waals surface area contributed by atoms with Crippen molar-refractivity contribution in [1.29, 1.82) is 10.5 Å². The average molecular weight is 473 g/mol. The Kier molecular flexibility index (Phi) is 5.82. The molecular formula is C30H40N4O. The Hall–Kier alpha value is -2.14. The van der Waals surface area contributed by atoms with Crippen LogP contribution in [-0.4, -0.2) is 15.6 Å². The molecule has 0 spiro atoms. The third-order valence-electron chi connectivity index (χ3n) is 11.7. The minimum atomic E-state index is 0.0597. The van der Waals surface area contributed by atoms with E-state index in [0.717, 1.165) is 41.9 Å². The highest BCUT2D eigenvalue weighted by Crippen LogP contribution is 2.68. The Bertz CT molecular complexity index is 1070. The van der Waals surface area contributed by atoms with Gasteiger partial charge in [-0.15, -0.1) is 0 Å². The fourth-order valence-corrected chi connectivity index (χ4v) is 10.1. The predicted molar refractivity (Wildman–Crippen MR) is 133 cm³/mol. The van der Waals surface area contributed by atoms with E-state index < -0.39 is 0 Å². The molecule has 9 atom stereocenters. The van der Waals surface area contributed by atoms with E-state index in [-0.39, 0.29) is 29.4 Å². The van der Waals surface area contributed by atoms with Crippen molar-refractivity contribution in [2.75, 3.05) is 0 Å². The van der Waals surface area contributed by atoms with Crippen molar-refractivity contribution in [2.24, 2.45) is 58.7 Å². The van der Waals surface area contributed by atoms with Gasteiger partial charge in [0.25, 0.3) is 0 Å². The van der Waals surface area contributed by atoms with Gasteiger partial charge < -0.3 is 0 Å². The van der Waals surface area contributed by atoms with Crippen LogP contribution in [0.25, 0.3) is 0 Å². The van der Waals surface area contributed by atoms with Crippen LogP contribution in [0.5, 0.6) is 0 Å². The van der Waals surface area contributed by atoms with Gasteiger partial charge in [-0.05, 0) is 97.7 Å². The maximum absolute atomic E-state index is 13.9. The third kappa shape index (κ3) is 3.68. The van der Waals surface area contributed by atoms with Crippen LogP contribution in [0.3, 0.4) is 0 Å². The number of hydrogen-bond donors (Lipinski definition) is 0. The van der Waals surface area contributed by atoms with E-state index in [9.17, 15) is 15.3 Å². The number of fused-ring (bicyclic) bond motifs is 5. The molecular weight excluding hydrogens is 432 g/mol. The zero-order valence-electron chi connectivity index (χ0n) is 21.5. The summed E-state index contributed by atoms with van der Waals surface area (Å²) in [7, 11) is 0. The molecule has 5 fully saturated rings. The van der Waals surface area contributed by atoms with Gasteiger partial charge in [0.15, 0.2) is 11.5 Å². The Labute approximate surface area is 210 Å². The fourth-order valence-electron chi connectivity index (χ4n) is 10.1. The largest absolute Gasteiger partial charge is 0.297 e. The number of carbonyl (C=O) groups is 1. The molecule has 5 saturated carbocycles. The highest BCUT2D eigenvalue weighted by molar-refractivity contribution is 5.82. The van der Waals surface area contributed by atoms with Crippen LogP contribution in [0.2, 0.25) is 0 Å². The fraction of sp³-hybridized carbons (Fsp3) is 0.800. The number of rotatable bonds is 4. The van der Waals surface area contributed by atoms with Crippen molar-refractivity contribution in [1.82, 2.24) is 9.78 Å². The summed E-state index contributed by atoms with van der Waals surface area (Å²) >= 11 is 0. The number of nitriles is 2. The maximum Gasteiger partial charge on any atom is 0.163 e. The molecule has 1 heterocycles. The minimum absolute atomic E-state index is 0.0597. The number of carbonyl (C=O) groups excluding carboxylic acids is 1. The van der Waals surface area contributed by atoms with Crippen molar-refractivity contribution in [3.8, 4) is 12.1 Å². The van der Waals surface area contributed by atoms with E-state index in [0.29, 0.717) is 17.5 Å². The number of hydrogen-bond acceptors (Lipinski definition) is 4. The van der Waals surface area contributed by atoms with Gasteiger partial charge in [0.1, 0.15) is 24.4 Å². The first-order valence-electron chi connectivity index (χ1n) is 14.3. The Balaban J connectivity index is 1.28. The highest BCUT2D eigenvalue weighted by atomic mass is 16.1. The Morgan fingerprint density at radius 3 is 2.51 bits per heavy atom. The first kappa shape index (κ1) is 23.3. The molecule has 1 aromatic rings. The Morgan fingerprint density at radius 2 is 1.80 bits per heavy atom. The summed E-state index contributed by atoms with van der Waals surface area (Å²) in [6, 6.07) is 5.64. The molecule has 0 aromatic carbocycles. The average Bonchev–Trinajstić information content (AvgIpc) is 3.35. The van der Waals surface area contributed by atoms with Crippen molar-refractivity contribution in [3.63, 3.8) is 0 Å². The molecule has 0 radical (unpaired) electrons. The number of nitrogens with zero attached hydrogens (tertiary/aromatic N) is 4. The summed E-state index contributed by atoms with van der Waals surface area (Å²) in [5.74, 6) is 6.94. The lowest BCUT2D eigenvalue weighted by molar-refractivity contribution is -0.132. The van der Waals surface area contributed by atoms with Crippen molar-refractivity contribution in [2.45, 2.75) is 91.0 Å². The summed E-state index contributed by atoms with van der Waals surface area (Å²) < 4.78 is 1.48.